The SMILES string of the molecule is CC(=O)N(C(C)=O)c1ccc(-c2ccc(N3C(=O)c4cc(C)c(C)cc4C3=O)cc2)cc1. The monoisotopic (exact) mass is 426 g/mol. The van der Waals surface area contributed by atoms with Crippen LogP contribution >= 0.6 is 0 Å². The molecule has 3 aromatic rings. The van der Waals surface area contributed by atoms with Crippen molar-refractivity contribution in [2.24, 2.45) is 0 Å². The molecule has 0 unspecified atom stereocenters. The summed E-state index contributed by atoms with van der Waals surface area (Å²) < 4.78 is 0. The number of anilines is 2. The van der Waals surface area contributed by atoms with E-state index < -0.39 is 0 Å². The number of benzene rings is 3. The smallest absolute Gasteiger partial charge is 0.266 e. The molecule has 3 aromatic carbocycles. The van der Waals surface area contributed by atoms with E-state index in [-0.39, 0.29) is 23.6 Å². The van der Waals surface area contributed by atoms with Gasteiger partial charge in [-0.25, -0.2) is 4.90 Å². The van der Waals surface area contributed by atoms with Gasteiger partial charge in [-0.2, -0.15) is 0 Å². The first-order chi connectivity index (χ1) is 15.2. The van der Waals surface area contributed by atoms with E-state index in [9.17, 15) is 19.2 Å². The Bertz CT molecular complexity index is 1220. The molecule has 0 fully saturated rings. The summed E-state index contributed by atoms with van der Waals surface area (Å²) in [6, 6.07) is 17.7. The summed E-state index contributed by atoms with van der Waals surface area (Å²) in [6.07, 6.45) is 0. The van der Waals surface area contributed by atoms with Crippen molar-refractivity contribution in [3.63, 3.8) is 0 Å². The summed E-state index contributed by atoms with van der Waals surface area (Å²) >= 11 is 0. The molecule has 0 bridgehead atoms. The van der Waals surface area contributed by atoms with Crippen LogP contribution in [0.3, 0.4) is 0 Å². The Morgan fingerprint density at radius 3 is 1.50 bits per heavy atom. The minimum Gasteiger partial charge on any atom is -0.274 e. The first kappa shape index (κ1) is 21.2. The summed E-state index contributed by atoms with van der Waals surface area (Å²) in [5.74, 6) is -1.33. The predicted octanol–water partition coefficient (Wildman–Crippen LogP) is 4.67. The number of aryl methyl sites for hydroxylation is 2. The zero-order chi connectivity index (χ0) is 23.2. The Hall–Kier alpha value is -4.06. The van der Waals surface area contributed by atoms with Gasteiger partial charge in [-0.15, -0.1) is 0 Å². The molecule has 4 rings (SSSR count). The molecule has 1 heterocycles. The van der Waals surface area contributed by atoms with Crippen LogP contribution in [0.4, 0.5) is 11.4 Å². The molecule has 6 heteroatoms. The average Bonchev–Trinajstić information content (AvgIpc) is 2.98. The fourth-order valence-corrected chi connectivity index (χ4v) is 3.93. The lowest BCUT2D eigenvalue weighted by molar-refractivity contribution is -0.124. The van der Waals surface area contributed by atoms with Crippen molar-refractivity contribution >= 4 is 35.0 Å². The lowest BCUT2D eigenvalue weighted by Gasteiger charge is -2.17. The molecule has 4 amide bonds. The summed E-state index contributed by atoms with van der Waals surface area (Å²) in [4.78, 5) is 51.5. The highest BCUT2D eigenvalue weighted by atomic mass is 16.2. The van der Waals surface area contributed by atoms with E-state index >= 15 is 0 Å². The summed E-state index contributed by atoms with van der Waals surface area (Å²) in [5.41, 5.74) is 5.56. The number of hydrogen-bond donors (Lipinski definition) is 0. The lowest BCUT2D eigenvalue weighted by Crippen LogP contribution is -2.32. The molecule has 0 saturated heterocycles. The third-order valence-corrected chi connectivity index (χ3v) is 5.71. The van der Waals surface area contributed by atoms with Gasteiger partial charge in [-0.1, -0.05) is 24.3 Å². The number of carbonyl (C=O) groups is 4. The molecule has 0 atom stereocenters. The van der Waals surface area contributed by atoms with Crippen molar-refractivity contribution in [2.75, 3.05) is 9.80 Å². The Morgan fingerprint density at radius 2 is 1.09 bits per heavy atom. The zero-order valence-electron chi connectivity index (χ0n) is 18.3. The zero-order valence-corrected chi connectivity index (χ0v) is 18.3. The Kier molecular flexibility index (Phi) is 5.22. The van der Waals surface area contributed by atoms with E-state index in [0.29, 0.717) is 22.5 Å². The lowest BCUT2D eigenvalue weighted by atomic mass is 10.0. The van der Waals surface area contributed by atoms with Crippen LogP contribution in [0, 0.1) is 13.8 Å². The van der Waals surface area contributed by atoms with E-state index in [2.05, 4.69) is 0 Å². The van der Waals surface area contributed by atoms with Gasteiger partial charge in [0.1, 0.15) is 0 Å². The third kappa shape index (κ3) is 3.50. The number of carbonyl (C=O) groups excluding carboxylic acids is 4. The van der Waals surface area contributed by atoms with Gasteiger partial charge in [-0.3, -0.25) is 24.1 Å². The molecule has 1 aliphatic rings. The second-order valence-electron chi connectivity index (χ2n) is 7.89. The second kappa shape index (κ2) is 7.89. The first-order valence-corrected chi connectivity index (χ1v) is 10.2. The highest BCUT2D eigenvalue weighted by Gasteiger charge is 2.37. The van der Waals surface area contributed by atoms with Gasteiger partial charge < -0.3 is 0 Å². The van der Waals surface area contributed by atoms with Crippen molar-refractivity contribution in [1.82, 2.24) is 0 Å². The van der Waals surface area contributed by atoms with E-state index in [1.807, 2.05) is 38.1 Å². The van der Waals surface area contributed by atoms with E-state index in [4.69, 9.17) is 0 Å². The van der Waals surface area contributed by atoms with Gasteiger partial charge in [0, 0.05) is 13.8 Å². The minimum absolute atomic E-state index is 0.321. The Morgan fingerprint density at radius 1 is 0.688 bits per heavy atom. The summed E-state index contributed by atoms with van der Waals surface area (Å²) in [6.45, 7) is 6.52. The maximum Gasteiger partial charge on any atom is 0.266 e. The van der Waals surface area contributed by atoms with Crippen molar-refractivity contribution in [2.45, 2.75) is 27.7 Å². The van der Waals surface area contributed by atoms with Crippen LogP contribution in [0.2, 0.25) is 0 Å². The molecule has 160 valence electrons. The number of hydrogen-bond acceptors (Lipinski definition) is 4. The van der Waals surface area contributed by atoms with E-state index in [0.717, 1.165) is 27.2 Å². The van der Waals surface area contributed by atoms with Gasteiger partial charge in [-0.05, 0) is 72.5 Å². The third-order valence-electron chi connectivity index (χ3n) is 5.71. The van der Waals surface area contributed by atoms with Crippen molar-refractivity contribution in [1.29, 1.82) is 0 Å². The summed E-state index contributed by atoms with van der Waals surface area (Å²) in [7, 11) is 0. The van der Waals surface area contributed by atoms with Gasteiger partial charge in [0.05, 0.1) is 22.5 Å². The van der Waals surface area contributed by atoms with Crippen LogP contribution in [-0.4, -0.2) is 23.6 Å². The largest absolute Gasteiger partial charge is 0.274 e. The van der Waals surface area contributed by atoms with Crippen LogP contribution in [0.25, 0.3) is 11.1 Å². The first-order valence-electron chi connectivity index (χ1n) is 10.2. The molecule has 0 spiro atoms. The summed E-state index contributed by atoms with van der Waals surface area (Å²) in [5, 5.41) is 0. The molecule has 0 aliphatic carbocycles. The van der Waals surface area contributed by atoms with Gasteiger partial charge in [0.25, 0.3) is 11.8 Å². The van der Waals surface area contributed by atoms with Crippen LogP contribution in [0.1, 0.15) is 45.7 Å². The highest BCUT2D eigenvalue weighted by molar-refractivity contribution is 6.34. The molecule has 1 aliphatic heterocycles. The fourth-order valence-electron chi connectivity index (χ4n) is 3.93. The standard InChI is InChI=1S/C26H22N2O4/c1-15-13-23-24(14-16(15)2)26(32)28(25(23)31)22-11-7-20(8-12-22)19-5-9-21(10-6-19)27(17(3)29)18(4)30/h5-14H,1-4H3. The number of rotatable bonds is 3. The maximum atomic E-state index is 12.9. The van der Waals surface area contributed by atoms with Gasteiger partial charge in [0.15, 0.2) is 0 Å². The molecule has 0 N–H and O–H groups in total. The molecule has 0 saturated carbocycles. The molecule has 32 heavy (non-hydrogen) atoms. The van der Waals surface area contributed by atoms with Crippen LogP contribution in [0.15, 0.2) is 60.7 Å². The highest BCUT2D eigenvalue weighted by Crippen LogP contribution is 2.32. The number of nitrogens with zero attached hydrogens (tertiary/aromatic N) is 2. The Balaban J connectivity index is 1.60. The van der Waals surface area contributed by atoms with E-state index in [1.165, 1.54) is 18.7 Å². The topological polar surface area (TPSA) is 74.8 Å². The average molecular weight is 426 g/mol. The number of fused-ring (bicyclic) bond motifs is 1. The fraction of sp³-hybridized carbons (Fsp3) is 0.154. The molecular formula is C26H22N2O4. The van der Waals surface area contributed by atoms with E-state index in [1.54, 1.807) is 36.4 Å². The van der Waals surface area contributed by atoms with Gasteiger partial charge in [0.2, 0.25) is 11.8 Å². The van der Waals surface area contributed by atoms with Crippen molar-refractivity contribution in [3.8, 4) is 11.1 Å². The second-order valence-corrected chi connectivity index (χ2v) is 7.89. The van der Waals surface area contributed by atoms with Crippen LogP contribution in [0.5, 0.6) is 0 Å². The van der Waals surface area contributed by atoms with Crippen LogP contribution < -0.4 is 9.80 Å². The molecule has 0 aromatic heterocycles. The number of amides is 4. The van der Waals surface area contributed by atoms with Crippen molar-refractivity contribution in [3.05, 3.63) is 82.9 Å². The number of imide groups is 2. The van der Waals surface area contributed by atoms with Crippen molar-refractivity contribution < 1.29 is 19.2 Å². The molecular weight excluding hydrogens is 404 g/mol. The quantitative estimate of drug-likeness (QED) is 0.571. The molecule has 0 radical (unpaired) electrons. The maximum absolute atomic E-state index is 12.9. The predicted molar refractivity (Wildman–Crippen MR) is 123 cm³/mol. The Labute approximate surface area is 186 Å². The van der Waals surface area contributed by atoms with Crippen LogP contribution in [-0.2, 0) is 9.59 Å². The normalized spacial score (nSPS) is 12.7. The minimum atomic E-state index is -0.346. The van der Waals surface area contributed by atoms with Gasteiger partial charge >= 0.3 is 0 Å². The molecule has 6 nitrogen and oxygen atoms in total.